The summed E-state index contributed by atoms with van der Waals surface area (Å²) in [7, 11) is 0. The molecule has 1 aromatic carbocycles. The van der Waals surface area contributed by atoms with Crippen molar-refractivity contribution < 1.29 is 6.10 Å². The van der Waals surface area contributed by atoms with E-state index in [0.29, 0.717) is 5.52 Å². The second-order valence-corrected chi connectivity index (χ2v) is 2.31. The predicted molar refractivity (Wildman–Crippen MR) is 42.9 cm³/mol. The molecule has 0 atom stereocenters. The summed E-state index contributed by atoms with van der Waals surface area (Å²) >= 11 is 0. The molecular formula is C9H7NO. The first kappa shape index (κ1) is 5.13. The number of aromatic nitrogens is 1. The van der Waals surface area contributed by atoms with Crippen LogP contribution < -0.4 is 4.73 Å². The summed E-state index contributed by atoms with van der Waals surface area (Å²) in [4.78, 5) is 0. The van der Waals surface area contributed by atoms with Gasteiger partial charge in [0.05, 0.1) is 1.37 Å². The van der Waals surface area contributed by atoms with Gasteiger partial charge in [-0.05, 0) is 12.1 Å². The van der Waals surface area contributed by atoms with E-state index in [1.165, 1.54) is 6.20 Å². The number of hydrogen-bond acceptors (Lipinski definition) is 1. The minimum absolute atomic E-state index is 0.267. The fourth-order valence-electron chi connectivity index (χ4n) is 1.07. The van der Waals surface area contributed by atoms with E-state index in [2.05, 4.69) is 0 Å². The van der Waals surface area contributed by atoms with Gasteiger partial charge in [0.15, 0.2) is 6.20 Å². The van der Waals surface area contributed by atoms with Gasteiger partial charge in [0.2, 0.25) is 5.52 Å². The third kappa shape index (κ3) is 0.923. The molecule has 0 fully saturated rings. The van der Waals surface area contributed by atoms with Gasteiger partial charge >= 0.3 is 0 Å². The van der Waals surface area contributed by atoms with Gasteiger partial charge in [0.25, 0.3) is 0 Å². The van der Waals surface area contributed by atoms with Crippen LogP contribution in [0.15, 0.2) is 42.6 Å². The fourth-order valence-corrected chi connectivity index (χ4v) is 1.07. The molecule has 0 aliphatic heterocycles. The van der Waals surface area contributed by atoms with Crippen LogP contribution in [-0.4, -0.2) is 0 Å². The smallest absolute Gasteiger partial charge is 0.223 e. The lowest BCUT2D eigenvalue weighted by atomic mass is 10.2. The second-order valence-electron chi connectivity index (χ2n) is 2.31. The van der Waals surface area contributed by atoms with Crippen molar-refractivity contribution in [3.8, 4) is 0 Å². The van der Waals surface area contributed by atoms with Gasteiger partial charge in [-0.3, -0.25) is 0 Å². The van der Waals surface area contributed by atoms with Crippen molar-refractivity contribution in [2.24, 2.45) is 0 Å². The Morgan fingerprint density at radius 1 is 1.27 bits per heavy atom. The Labute approximate surface area is 65.7 Å². The second kappa shape index (κ2) is 2.23. The number of hydrogen-bond donors (Lipinski definition) is 0. The Morgan fingerprint density at radius 3 is 2.91 bits per heavy atom. The lowest BCUT2D eigenvalue weighted by molar-refractivity contribution is -0.577. The van der Waals surface area contributed by atoms with Crippen LogP contribution in [0.3, 0.4) is 0 Å². The summed E-state index contributed by atoms with van der Waals surface area (Å²) in [5.41, 5.74) is 0.431. The van der Waals surface area contributed by atoms with Gasteiger partial charge in [-0.2, -0.15) is 4.73 Å². The molecule has 11 heavy (non-hydrogen) atoms. The van der Waals surface area contributed by atoms with Gasteiger partial charge in [-0.1, -0.05) is 12.1 Å². The van der Waals surface area contributed by atoms with E-state index in [4.69, 9.17) is 1.37 Å². The molecule has 0 bridgehead atoms. The van der Waals surface area contributed by atoms with Gasteiger partial charge < -0.3 is 5.21 Å². The standard InChI is InChI=1S/C9H7NO/c11-10-7-3-5-8-4-1-2-6-9(8)10/h1-7H/i6D. The molecular weight excluding hydrogens is 138 g/mol. The van der Waals surface area contributed by atoms with Crippen molar-refractivity contribution in [2.75, 3.05) is 0 Å². The molecule has 54 valence electrons. The number of nitrogens with zero attached hydrogens (tertiary/aromatic N) is 1. The molecule has 0 N–H and O–H groups in total. The highest BCUT2D eigenvalue weighted by Crippen LogP contribution is 2.06. The van der Waals surface area contributed by atoms with Gasteiger partial charge in [-0.25, -0.2) is 0 Å². The molecule has 0 amide bonds. The SMILES string of the molecule is [2H]c1cccc2ccc[n+]([O-])c12. The maximum absolute atomic E-state index is 11.2. The maximum atomic E-state index is 11.2. The van der Waals surface area contributed by atoms with Crippen LogP contribution in [0.4, 0.5) is 0 Å². The van der Waals surface area contributed by atoms with Crippen LogP contribution in [0.1, 0.15) is 1.37 Å². The van der Waals surface area contributed by atoms with Gasteiger partial charge in [0.1, 0.15) is 0 Å². The Morgan fingerprint density at radius 2 is 2.09 bits per heavy atom. The highest BCUT2D eigenvalue weighted by molar-refractivity contribution is 5.74. The van der Waals surface area contributed by atoms with Crippen LogP contribution in [0.5, 0.6) is 0 Å². The zero-order valence-corrected chi connectivity index (χ0v) is 5.82. The van der Waals surface area contributed by atoms with E-state index in [1.807, 2.05) is 12.1 Å². The third-order valence-electron chi connectivity index (χ3n) is 1.58. The topological polar surface area (TPSA) is 26.9 Å². The molecule has 1 heterocycles. The number of para-hydroxylation sites is 1. The van der Waals surface area contributed by atoms with Crippen LogP contribution >= 0.6 is 0 Å². The van der Waals surface area contributed by atoms with Crippen LogP contribution in [0, 0.1) is 5.21 Å². The lowest BCUT2D eigenvalue weighted by Crippen LogP contribution is -2.25. The largest absolute Gasteiger partial charge is 0.618 e. The molecule has 2 aromatic rings. The first-order valence-electron chi connectivity index (χ1n) is 3.86. The van der Waals surface area contributed by atoms with E-state index >= 15 is 0 Å². The average Bonchev–Trinajstić information content (AvgIpc) is 2.04. The molecule has 0 aliphatic rings. The molecule has 0 spiro atoms. The van der Waals surface area contributed by atoms with E-state index in [-0.39, 0.29) is 6.04 Å². The minimum Gasteiger partial charge on any atom is -0.618 e. The number of rotatable bonds is 0. The first-order chi connectivity index (χ1) is 5.79. The zero-order chi connectivity index (χ0) is 8.55. The average molecular weight is 146 g/mol. The normalized spacial score (nSPS) is 11.5. The highest BCUT2D eigenvalue weighted by atomic mass is 16.5. The summed E-state index contributed by atoms with van der Waals surface area (Å²) in [6, 6.07) is 8.96. The predicted octanol–water partition coefficient (Wildman–Crippen LogP) is 1.47. The van der Waals surface area contributed by atoms with E-state index < -0.39 is 0 Å². The highest BCUT2D eigenvalue weighted by Gasteiger charge is 1.97. The molecule has 1 aromatic heterocycles. The molecule has 0 aliphatic carbocycles. The van der Waals surface area contributed by atoms with Crippen molar-refractivity contribution in [1.82, 2.24) is 0 Å². The molecule has 2 heteroatoms. The summed E-state index contributed by atoms with van der Waals surface area (Å²) in [5, 5.41) is 12.0. The maximum Gasteiger partial charge on any atom is 0.223 e. The fraction of sp³-hybridized carbons (Fsp3) is 0. The van der Waals surface area contributed by atoms with Crippen LogP contribution in [0.25, 0.3) is 10.9 Å². The van der Waals surface area contributed by atoms with Gasteiger partial charge in [0, 0.05) is 17.5 Å². The van der Waals surface area contributed by atoms with E-state index in [9.17, 15) is 5.21 Å². The Kier molecular flexibility index (Phi) is 1.04. The first-order valence-corrected chi connectivity index (χ1v) is 3.36. The molecule has 0 radical (unpaired) electrons. The van der Waals surface area contributed by atoms with Crippen molar-refractivity contribution in [3.63, 3.8) is 0 Å². The summed E-state index contributed by atoms with van der Waals surface area (Å²) < 4.78 is 8.20. The summed E-state index contributed by atoms with van der Waals surface area (Å²) in [5.74, 6) is 0. The number of pyridine rings is 1. The zero-order valence-electron chi connectivity index (χ0n) is 6.82. The minimum atomic E-state index is 0.267. The Balaban J connectivity index is 2.96. The number of fused-ring (bicyclic) bond motifs is 1. The molecule has 0 saturated carbocycles. The Hall–Kier alpha value is -1.57. The quantitative estimate of drug-likeness (QED) is 0.408. The lowest BCUT2D eigenvalue weighted by Gasteiger charge is -1.98. The molecule has 0 saturated heterocycles. The molecule has 2 rings (SSSR count). The number of benzene rings is 1. The summed E-state index contributed by atoms with van der Waals surface area (Å²) in [6.45, 7) is 0. The van der Waals surface area contributed by atoms with Crippen LogP contribution in [0.2, 0.25) is 0 Å². The Bertz CT molecular complexity index is 391. The third-order valence-corrected chi connectivity index (χ3v) is 1.58. The van der Waals surface area contributed by atoms with E-state index in [0.717, 1.165) is 10.1 Å². The van der Waals surface area contributed by atoms with Crippen molar-refractivity contribution in [2.45, 2.75) is 0 Å². The molecule has 0 unspecified atom stereocenters. The van der Waals surface area contributed by atoms with E-state index in [1.54, 1.807) is 18.2 Å². The van der Waals surface area contributed by atoms with Crippen molar-refractivity contribution in [1.29, 1.82) is 0 Å². The monoisotopic (exact) mass is 146 g/mol. The van der Waals surface area contributed by atoms with Gasteiger partial charge in [-0.15, -0.1) is 0 Å². The van der Waals surface area contributed by atoms with Crippen molar-refractivity contribution >= 4 is 10.9 Å². The van der Waals surface area contributed by atoms with Crippen LogP contribution in [-0.2, 0) is 0 Å². The van der Waals surface area contributed by atoms with Crippen molar-refractivity contribution in [3.05, 3.63) is 47.8 Å². The summed E-state index contributed by atoms with van der Waals surface area (Å²) in [6.07, 6.45) is 1.40. The molecule has 2 nitrogen and oxygen atoms in total.